The summed E-state index contributed by atoms with van der Waals surface area (Å²) in [6, 6.07) is 13.3. The van der Waals surface area contributed by atoms with Crippen LogP contribution in [0.15, 0.2) is 53.4 Å². The normalized spacial score (nSPS) is 16.2. The Morgan fingerprint density at radius 2 is 1.80 bits per heavy atom. The smallest absolute Gasteiger partial charge is 0.317 e. The molecule has 1 N–H and O–H groups in total. The number of carbonyl (C=O) groups is 1. The van der Waals surface area contributed by atoms with Crippen molar-refractivity contribution >= 4 is 27.7 Å². The monoisotopic (exact) mass is 451 g/mol. The van der Waals surface area contributed by atoms with Crippen LogP contribution in [-0.2, 0) is 10.0 Å². The highest BCUT2D eigenvalue weighted by Crippen LogP contribution is 2.21. The molecule has 1 saturated heterocycles. The Bertz CT molecular complexity index is 974. The third-order valence-corrected chi connectivity index (χ3v) is 7.15. The molecule has 2 aromatic rings. The summed E-state index contributed by atoms with van der Waals surface area (Å²) in [5, 5.41) is 3.46. The Morgan fingerprint density at radius 1 is 1.13 bits per heavy atom. The topological polar surface area (TPSA) is 79.0 Å². The van der Waals surface area contributed by atoms with E-state index in [1.165, 1.54) is 16.4 Å². The van der Waals surface area contributed by atoms with Crippen LogP contribution >= 0.6 is 11.6 Å². The van der Waals surface area contributed by atoms with Crippen LogP contribution in [0.25, 0.3) is 0 Å². The predicted octanol–water partition coefficient (Wildman–Crippen LogP) is 3.52. The van der Waals surface area contributed by atoms with Crippen LogP contribution in [0.1, 0.15) is 25.5 Å². The van der Waals surface area contributed by atoms with E-state index in [9.17, 15) is 13.2 Å². The van der Waals surface area contributed by atoms with Gasteiger partial charge in [-0.2, -0.15) is 4.31 Å². The summed E-state index contributed by atoms with van der Waals surface area (Å²) in [5.41, 5.74) is 0.943. The molecule has 2 aromatic carbocycles. The number of piperazine rings is 1. The molecule has 1 heterocycles. The largest absolute Gasteiger partial charge is 0.494 e. The van der Waals surface area contributed by atoms with E-state index in [-0.39, 0.29) is 30.1 Å². The van der Waals surface area contributed by atoms with E-state index in [0.717, 1.165) is 11.3 Å². The van der Waals surface area contributed by atoms with Crippen molar-refractivity contribution < 1.29 is 17.9 Å². The first-order valence-electron chi connectivity index (χ1n) is 9.85. The van der Waals surface area contributed by atoms with Gasteiger partial charge in [-0.15, -0.1) is 0 Å². The van der Waals surface area contributed by atoms with Gasteiger partial charge in [-0.1, -0.05) is 23.7 Å². The lowest BCUT2D eigenvalue weighted by molar-refractivity contribution is 0.169. The number of hydrogen-bond donors (Lipinski definition) is 1. The van der Waals surface area contributed by atoms with Crippen LogP contribution in [0.3, 0.4) is 0 Å². The number of nitrogens with one attached hydrogen (secondary N) is 1. The third-order valence-electron chi connectivity index (χ3n) is 4.99. The van der Waals surface area contributed by atoms with Crippen molar-refractivity contribution in [3.63, 3.8) is 0 Å². The summed E-state index contributed by atoms with van der Waals surface area (Å²) in [5.74, 6) is 0.761. The molecule has 0 bridgehead atoms. The quantitative estimate of drug-likeness (QED) is 0.728. The zero-order valence-electron chi connectivity index (χ0n) is 17.0. The second-order valence-electron chi connectivity index (χ2n) is 7.02. The Kier molecular flexibility index (Phi) is 7.23. The highest BCUT2D eigenvalue weighted by Gasteiger charge is 2.30. The van der Waals surface area contributed by atoms with Crippen LogP contribution in [0, 0.1) is 0 Å². The average molecular weight is 452 g/mol. The van der Waals surface area contributed by atoms with Crippen molar-refractivity contribution in [1.82, 2.24) is 14.5 Å². The molecule has 3 rings (SSSR count). The van der Waals surface area contributed by atoms with E-state index in [2.05, 4.69) is 5.32 Å². The number of carbonyl (C=O) groups excluding carboxylic acids is 1. The summed E-state index contributed by atoms with van der Waals surface area (Å²) in [6.45, 7) is 5.54. The van der Waals surface area contributed by atoms with E-state index in [1.54, 1.807) is 17.0 Å². The van der Waals surface area contributed by atoms with E-state index in [4.69, 9.17) is 16.3 Å². The molecular formula is C21H26ClN3O4S. The first-order chi connectivity index (χ1) is 14.3. The zero-order valence-corrected chi connectivity index (χ0v) is 18.6. The summed E-state index contributed by atoms with van der Waals surface area (Å²) in [4.78, 5) is 14.5. The Labute approximate surface area is 182 Å². The number of benzene rings is 2. The first-order valence-corrected chi connectivity index (χ1v) is 11.7. The lowest BCUT2D eigenvalue weighted by atomic mass is 10.1. The molecule has 1 unspecified atom stereocenters. The maximum Gasteiger partial charge on any atom is 0.317 e. The van der Waals surface area contributed by atoms with Crippen molar-refractivity contribution in [2.75, 3.05) is 32.8 Å². The van der Waals surface area contributed by atoms with E-state index < -0.39 is 10.0 Å². The number of halogens is 1. The average Bonchev–Trinajstić information content (AvgIpc) is 2.74. The van der Waals surface area contributed by atoms with Crippen LogP contribution < -0.4 is 10.1 Å². The number of rotatable bonds is 6. The van der Waals surface area contributed by atoms with Gasteiger partial charge in [0, 0.05) is 31.2 Å². The molecule has 0 aliphatic carbocycles. The molecule has 2 amide bonds. The fraction of sp³-hybridized carbons (Fsp3) is 0.381. The third kappa shape index (κ3) is 5.24. The van der Waals surface area contributed by atoms with Gasteiger partial charge in [0.15, 0.2) is 0 Å². The van der Waals surface area contributed by atoms with Crippen LogP contribution in [0.4, 0.5) is 4.79 Å². The van der Waals surface area contributed by atoms with Crippen molar-refractivity contribution in [1.29, 1.82) is 0 Å². The van der Waals surface area contributed by atoms with Gasteiger partial charge in [-0.05, 0) is 55.8 Å². The first kappa shape index (κ1) is 22.4. The molecule has 1 atom stereocenters. The summed E-state index contributed by atoms with van der Waals surface area (Å²) >= 11 is 5.85. The highest BCUT2D eigenvalue weighted by molar-refractivity contribution is 7.89. The minimum Gasteiger partial charge on any atom is -0.494 e. The summed E-state index contributed by atoms with van der Waals surface area (Å²) < 4.78 is 32.5. The molecule has 1 aliphatic rings. The molecule has 162 valence electrons. The molecule has 1 fully saturated rings. The van der Waals surface area contributed by atoms with Crippen molar-refractivity contribution in [3.05, 3.63) is 59.1 Å². The molecule has 7 nitrogen and oxygen atoms in total. The minimum atomic E-state index is -3.60. The van der Waals surface area contributed by atoms with E-state index >= 15 is 0 Å². The Hall–Kier alpha value is -2.29. The van der Waals surface area contributed by atoms with Gasteiger partial charge in [0.2, 0.25) is 10.0 Å². The van der Waals surface area contributed by atoms with Crippen LogP contribution in [0.2, 0.25) is 5.02 Å². The molecule has 30 heavy (non-hydrogen) atoms. The second kappa shape index (κ2) is 9.68. The Morgan fingerprint density at radius 3 is 2.43 bits per heavy atom. The number of ether oxygens (including phenoxy) is 1. The van der Waals surface area contributed by atoms with Crippen LogP contribution in [-0.4, -0.2) is 56.4 Å². The van der Waals surface area contributed by atoms with Crippen molar-refractivity contribution in [3.8, 4) is 5.75 Å². The lowest BCUT2D eigenvalue weighted by Crippen LogP contribution is -2.53. The summed E-state index contributed by atoms with van der Waals surface area (Å²) in [7, 11) is -3.60. The highest BCUT2D eigenvalue weighted by atomic mass is 35.5. The molecule has 0 spiro atoms. The summed E-state index contributed by atoms with van der Waals surface area (Å²) in [6.07, 6.45) is 0. The Balaban J connectivity index is 1.57. The van der Waals surface area contributed by atoms with Gasteiger partial charge in [0.05, 0.1) is 17.5 Å². The zero-order chi connectivity index (χ0) is 21.7. The minimum absolute atomic E-state index is 0.200. The van der Waals surface area contributed by atoms with E-state index in [0.29, 0.717) is 24.7 Å². The predicted molar refractivity (Wildman–Crippen MR) is 116 cm³/mol. The van der Waals surface area contributed by atoms with Gasteiger partial charge < -0.3 is 15.0 Å². The number of nitrogens with zero attached hydrogens (tertiary/aromatic N) is 2. The molecule has 0 radical (unpaired) electrons. The van der Waals surface area contributed by atoms with Gasteiger partial charge in [0.1, 0.15) is 5.75 Å². The molecule has 0 aromatic heterocycles. The second-order valence-corrected chi connectivity index (χ2v) is 9.40. The molecule has 1 aliphatic heterocycles. The van der Waals surface area contributed by atoms with Crippen LogP contribution in [0.5, 0.6) is 5.75 Å². The SMILES string of the molecule is CCOc1cccc(C(C)NC(=O)N2CCN(S(=O)(=O)c3ccc(Cl)cc3)CC2)c1. The maximum absolute atomic E-state index is 12.8. The number of hydrogen-bond acceptors (Lipinski definition) is 4. The molecule has 0 saturated carbocycles. The van der Waals surface area contributed by atoms with Gasteiger partial charge >= 0.3 is 6.03 Å². The van der Waals surface area contributed by atoms with Gasteiger partial charge in [-0.25, -0.2) is 13.2 Å². The standard InChI is InChI=1S/C21H26ClN3O4S/c1-3-29-19-6-4-5-17(15-19)16(2)23-21(26)24-11-13-25(14-12-24)30(27,28)20-9-7-18(22)8-10-20/h4-10,15-16H,3,11-14H2,1-2H3,(H,23,26). The van der Waals surface area contributed by atoms with E-state index in [1.807, 2.05) is 38.1 Å². The van der Waals surface area contributed by atoms with Gasteiger partial charge in [-0.3, -0.25) is 0 Å². The number of amides is 2. The van der Waals surface area contributed by atoms with Gasteiger partial charge in [0.25, 0.3) is 0 Å². The number of urea groups is 1. The molecular weight excluding hydrogens is 426 g/mol. The fourth-order valence-electron chi connectivity index (χ4n) is 3.29. The lowest BCUT2D eigenvalue weighted by Gasteiger charge is -2.34. The fourth-order valence-corrected chi connectivity index (χ4v) is 4.84. The maximum atomic E-state index is 12.8. The number of sulfonamides is 1. The molecule has 9 heteroatoms. The van der Waals surface area contributed by atoms with Crippen molar-refractivity contribution in [2.45, 2.75) is 24.8 Å². The van der Waals surface area contributed by atoms with Crippen molar-refractivity contribution in [2.24, 2.45) is 0 Å².